The second kappa shape index (κ2) is 14.8. The second-order valence-corrected chi connectivity index (χ2v) is 17.2. The molecule has 0 saturated carbocycles. The highest BCUT2D eigenvalue weighted by molar-refractivity contribution is 6.11. The van der Waals surface area contributed by atoms with Gasteiger partial charge in [-0.2, -0.15) is 0 Å². The normalized spacial score (nSPS) is 12.7. The van der Waals surface area contributed by atoms with E-state index in [1.807, 2.05) is 6.07 Å². The molecule has 12 aromatic rings. The van der Waals surface area contributed by atoms with Crippen LogP contribution in [0.4, 0.5) is 17.1 Å². The van der Waals surface area contributed by atoms with Crippen LogP contribution in [0, 0.1) is 0 Å². The third-order valence-corrected chi connectivity index (χ3v) is 13.7. The standard InChI is InChI=1S/C63H41NO/c1-3-17-50(18-4-1)63(51-19-5-2-6-20-51)56-24-11-9-22-55(56)61-57(63)25-14-26-58(61)64(59-27-13-23-54-53-21-10-12-28-60(53)65-62(54)59)52-37-35-43(36-38-52)46-32-30-44-31-34-48(41-49(44)40-46)47-33-29-42-15-7-8-16-45(42)39-47/h1-41H. The van der Waals surface area contributed by atoms with Gasteiger partial charge in [0.25, 0.3) is 0 Å². The Morgan fingerprint density at radius 1 is 0.338 bits per heavy atom. The Morgan fingerprint density at radius 3 is 1.60 bits per heavy atom. The predicted molar refractivity (Wildman–Crippen MR) is 272 cm³/mol. The number of rotatable bonds is 7. The zero-order valence-corrected chi connectivity index (χ0v) is 35.5. The quantitative estimate of drug-likeness (QED) is 0.159. The van der Waals surface area contributed by atoms with E-state index in [4.69, 9.17) is 4.42 Å². The number of furan rings is 1. The lowest BCUT2D eigenvalue weighted by atomic mass is 9.68. The molecular weight excluding hydrogens is 787 g/mol. The average Bonchev–Trinajstić information content (AvgIpc) is 3.92. The molecule has 2 nitrogen and oxygen atoms in total. The molecule has 304 valence electrons. The number of fused-ring (bicyclic) bond motifs is 8. The Bertz CT molecular complexity index is 3730. The van der Waals surface area contributed by atoms with Crippen molar-refractivity contribution in [2.45, 2.75) is 5.41 Å². The van der Waals surface area contributed by atoms with Gasteiger partial charge in [0.1, 0.15) is 5.58 Å². The topological polar surface area (TPSA) is 16.4 Å². The third-order valence-electron chi connectivity index (χ3n) is 13.7. The molecular formula is C63H41NO. The van der Waals surface area contributed by atoms with Crippen LogP contribution < -0.4 is 4.90 Å². The zero-order chi connectivity index (χ0) is 42.9. The first-order chi connectivity index (χ1) is 32.2. The SMILES string of the molecule is c1ccc(C2(c3ccccc3)c3ccccc3-c3c(N(c4ccc(-c5ccc6ccc(-c7ccc8ccccc8c7)cc6c5)cc4)c4cccc5c4oc4ccccc45)cccc32)cc1. The number of para-hydroxylation sites is 2. The smallest absolute Gasteiger partial charge is 0.159 e. The van der Waals surface area contributed by atoms with Gasteiger partial charge in [-0.1, -0.05) is 200 Å². The van der Waals surface area contributed by atoms with Crippen molar-refractivity contribution in [3.05, 3.63) is 271 Å². The Hall–Kier alpha value is -8.46. The number of anilines is 3. The fourth-order valence-electron chi connectivity index (χ4n) is 10.8. The van der Waals surface area contributed by atoms with Gasteiger partial charge in [-0.15, -0.1) is 0 Å². The molecule has 0 spiro atoms. The van der Waals surface area contributed by atoms with E-state index in [2.05, 4.69) is 248 Å². The van der Waals surface area contributed by atoms with Crippen LogP contribution in [0.2, 0.25) is 0 Å². The summed E-state index contributed by atoms with van der Waals surface area (Å²) in [5.41, 5.74) is 16.5. The van der Waals surface area contributed by atoms with Crippen molar-refractivity contribution in [2.75, 3.05) is 4.90 Å². The van der Waals surface area contributed by atoms with Crippen molar-refractivity contribution in [3.63, 3.8) is 0 Å². The van der Waals surface area contributed by atoms with Crippen molar-refractivity contribution in [2.24, 2.45) is 0 Å². The third kappa shape index (κ3) is 5.81. The molecule has 0 radical (unpaired) electrons. The highest BCUT2D eigenvalue weighted by atomic mass is 16.3. The molecule has 13 rings (SSSR count). The lowest BCUT2D eigenvalue weighted by Gasteiger charge is -2.34. The molecule has 0 bridgehead atoms. The van der Waals surface area contributed by atoms with E-state index in [0.29, 0.717) is 0 Å². The minimum Gasteiger partial charge on any atom is -0.454 e. The Balaban J connectivity index is 0.995. The molecule has 1 aliphatic rings. The molecule has 2 heteroatoms. The van der Waals surface area contributed by atoms with Gasteiger partial charge in [0.15, 0.2) is 5.58 Å². The van der Waals surface area contributed by atoms with Gasteiger partial charge >= 0.3 is 0 Å². The van der Waals surface area contributed by atoms with Gasteiger partial charge < -0.3 is 9.32 Å². The van der Waals surface area contributed by atoms with Crippen molar-refractivity contribution < 1.29 is 4.42 Å². The first-order valence-corrected chi connectivity index (χ1v) is 22.4. The number of hydrogen-bond acceptors (Lipinski definition) is 2. The summed E-state index contributed by atoms with van der Waals surface area (Å²) in [4.78, 5) is 2.42. The molecule has 0 saturated heterocycles. The van der Waals surface area contributed by atoms with Crippen LogP contribution in [0.5, 0.6) is 0 Å². The summed E-state index contributed by atoms with van der Waals surface area (Å²) in [7, 11) is 0. The molecule has 0 unspecified atom stereocenters. The Labute approximate surface area is 377 Å². The van der Waals surface area contributed by atoms with E-state index in [0.717, 1.165) is 44.6 Å². The maximum atomic E-state index is 6.83. The van der Waals surface area contributed by atoms with Crippen LogP contribution in [0.15, 0.2) is 253 Å². The largest absolute Gasteiger partial charge is 0.454 e. The van der Waals surface area contributed by atoms with Crippen molar-refractivity contribution >= 4 is 60.5 Å². The molecule has 1 heterocycles. The van der Waals surface area contributed by atoms with E-state index in [9.17, 15) is 0 Å². The average molecular weight is 828 g/mol. The van der Waals surface area contributed by atoms with E-state index >= 15 is 0 Å². The first kappa shape index (κ1) is 37.1. The van der Waals surface area contributed by atoms with Crippen LogP contribution in [-0.4, -0.2) is 0 Å². The van der Waals surface area contributed by atoms with Crippen LogP contribution in [0.3, 0.4) is 0 Å². The molecule has 1 aromatic heterocycles. The van der Waals surface area contributed by atoms with Gasteiger partial charge in [-0.05, 0) is 120 Å². The van der Waals surface area contributed by atoms with Crippen molar-refractivity contribution in [1.29, 1.82) is 0 Å². The molecule has 0 N–H and O–H groups in total. The summed E-state index contributed by atoms with van der Waals surface area (Å²) in [6.07, 6.45) is 0. The minimum atomic E-state index is -0.532. The zero-order valence-electron chi connectivity index (χ0n) is 35.5. The van der Waals surface area contributed by atoms with Crippen LogP contribution >= 0.6 is 0 Å². The van der Waals surface area contributed by atoms with E-state index < -0.39 is 5.41 Å². The predicted octanol–water partition coefficient (Wildman–Crippen LogP) is 17.1. The Kier molecular flexibility index (Phi) is 8.47. The number of hydrogen-bond donors (Lipinski definition) is 0. The summed E-state index contributed by atoms with van der Waals surface area (Å²) in [5.74, 6) is 0. The van der Waals surface area contributed by atoms with Crippen LogP contribution in [0.25, 0.3) is 76.9 Å². The highest BCUT2D eigenvalue weighted by Gasteiger charge is 2.47. The molecule has 0 amide bonds. The fraction of sp³-hybridized carbons (Fsp3) is 0.0159. The minimum absolute atomic E-state index is 0.532. The van der Waals surface area contributed by atoms with Gasteiger partial charge in [0.05, 0.1) is 16.8 Å². The number of nitrogens with zero attached hydrogens (tertiary/aromatic N) is 1. The summed E-state index contributed by atoms with van der Waals surface area (Å²) >= 11 is 0. The van der Waals surface area contributed by atoms with Crippen molar-refractivity contribution in [3.8, 4) is 33.4 Å². The molecule has 0 atom stereocenters. The maximum Gasteiger partial charge on any atom is 0.159 e. The second-order valence-electron chi connectivity index (χ2n) is 17.2. The Morgan fingerprint density at radius 2 is 0.862 bits per heavy atom. The molecule has 0 aliphatic heterocycles. The summed E-state index contributed by atoms with van der Waals surface area (Å²) < 4.78 is 6.83. The van der Waals surface area contributed by atoms with Gasteiger partial charge in [0.2, 0.25) is 0 Å². The van der Waals surface area contributed by atoms with E-state index in [-0.39, 0.29) is 0 Å². The molecule has 11 aromatic carbocycles. The van der Waals surface area contributed by atoms with E-state index in [1.165, 1.54) is 71.6 Å². The van der Waals surface area contributed by atoms with E-state index in [1.54, 1.807) is 0 Å². The highest BCUT2D eigenvalue weighted by Crippen LogP contribution is 2.60. The monoisotopic (exact) mass is 827 g/mol. The number of benzene rings is 11. The summed E-state index contributed by atoms with van der Waals surface area (Å²) in [5, 5.41) is 7.14. The van der Waals surface area contributed by atoms with Gasteiger partial charge in [-0.25, -0.2) is 0 Å². The lowest BCUT2D eigenvalue weighted by Crippen LogP contribution is -2.28. The van der Waals surface area contributed by atoms with Gasteiger partial charge in [0, 0.05) is 22.0 Å². The molecule has 0 fully saturated rings. The van der Waals surface area contributed by atoms with Crippen LogP contribution in [0.1, 0.15) is 22.3 Å². The van der Waals surface area contributed by atoms with Crippen molar-refractivity contribution in [1.82, 2.24) is 0 Å². The first-order valence-electron chi connectivity index (χ1n) is 22.4. The summed E-state index contributed by atoms with van der Waals surface area (Å²) in [6, 6.07) is 90.8. The maximum absolute atomic E-state index is 6.83. The fourth-order valence-corrected chi connectivity index (χ4v) is 10.8. The lowest BCUT2D eigenvalue weighted by molar-refractivity contribution is 0.669. The summed E-state index contributed by atoms with van der Waals surface area (Å²) in [6.45, 7) is 0. The van der Waals surface area contributed by atoms with Crippen LogP contribution in [-0.2, 0) is 5.41 Å². The molecule has 1 aliphatic carbocycles. The molecule has 65 heavy (non-hydrogen) atoms. The van der Waals surface area contributed by atoms with Gasteiger partial charge in [-0.3, -0.25) is 0 Å².